The van der Waals surface area contributed by atoms with E-state index in [4.69, 9.17) is 0 Å². The van der Waals surface area contributed by atoms with Gasteiger partial charge >= 0.3 is 0 Å². The number of fused-ring (bicyclic) bond motifs is 1. The van der Waals surface area contributed by atoms with Crippen molar-refractivity contribution in [3.63, 3.8) is 0 Å². The third kappa shape index (κ3) is 4.47. The van der Waals surface area contributed by atoms with Gasteiger partial charge in [-0.3, -0.25) is 14.7 Å². The van der Waals surface area contributed by atoms with Crippen molar-refractivity contribution in [2.24, 2.45) is 5.92 Å². The Morgan fingerprint density at radius 2 is 1.93 bits per heavy atom. The van der Waals surface area contributed by atoms with E-state index in [1.165, 1.54) is 25.7 Å². The maximum atomic E-state index is 12.8. The number of aliphatic hydroxyl groups excluding tert-OH is 1. The number of pyridine rings is 1. The van der Waals surface area contributed by atoms with E-state index in [0.29, 0.717) is 6.54 Å². The Labute approximate surface area is 160 Å². The van der Waals surface area contributed by atoms with Gasteiger partial charge in [-0.15, -0.1) is 0 Å². The summed E-state index contributed by atoms with van der Waals surface area (Å²) in [7, 11) is 0. The lowest BCUT2D eigenvalue weighted by molar-refractivity contribution is -0.124. The molecule has 1 amide bonds. The van der Waals surface area contributed by atoms with Gasteiger partial charge in [0.1, 0.15) is 0 Å². The van der Waals surface area contributed by atoms with Crippen LogP contribution < -0.4 is 5.32 Å². The van der Waals surface area contributed by atoms with E-state index >= 15 is 0 Å². The summed E-state index contributed by atoms with van der Waals surface area (Å²) in [6, 6.07) is 10.1. The molecule has 2 fully saturated rings. The molecule has 0 radical (unpaired) electrons. The van der Waals surface area contributed by atoms with Crippen LogP contribution in [-0.4, -0.2) is 46.6 Å². The molecule has 5 heteroatoms. The van der Waals surface area contributed by atoms with Crippen molar-refractivity contribution in [3.8, 4) is 0 Å². The minimum Gasteiger partial charge on any atom is -0.393 e. The fourth-order valence-electron chi connectivity index (χ4n) is 4.35. The molecular formula is C22H29N3O2. The average Bonchev–Trinajstić information content (AvgIpc) is 2.92. The maximum absolute atomic E-state index is 12.8. The van der Waals surface area contributed by atoms with E-state index in [0.717, 1.165) is 42.4 Å². The molecule has 4 rings (SSSR count). The number of carbonyl (C=O) groups is 1. The number of hydrogen-bond acceptors (Lipinski definition) is 4. The number of nitrogens with one attached hydrogen (secondary N) is 1. The Balaban J connectivity index is 1.49. The van der Waals surface area contributed by atoms with Crippen LogP contribution in [0.3, 0.4) is 0 Å². The van der Waals surface area contributed by atoms with Gasteiger partial charge in [-0.2, -0.15) is 0 Å². The Kier molecular flexibility index (Phi) is 5.69. The van der Waals surface area contributed by atoms with Crippen LogP contribution in [0.4, 0.5) is 0 Å². The highest BCUT2D eigenvalue weighted by molar-refractivity contribution is 5.80. The number of rotatable bonds is 5. The van der Waals surface area contributed by atoms with Crippen LogP contribution in [0.15, 0.2) is 36.5 Å². The summed E-state index contributed by atoms with van der Waals surface area (Å²) in [6.07, 6.45) is 8.01. The molecule has 1 aromatic heterocycles. The van der Waals surface area contributed by atoms with Gasteiger partial charge in [-0.05, 0) is 62.4 Å². The van der Waals surface area contributed by atoms with Gasteiger partial charge in [0.25, 0.3) is 0 Å². The molecule has 0 spiro atoms. The molecule has 27 heavy (non-hydrogen) atoms. The first-order chi connectivity index (χ1) is 13.2. The van der Waals surface area contributed by atoms with Gasteiger partial charge in [-0.25, -0.2) is 0 Å². The molecule has 2 aromatic rings. The average molecular weight is 367 g/mol. The van der Waals surface area contributed by atoms with Crippen molar-refractivity contribution >= 4 is 16.8 Å². The standard InChI is InChI=1S/C22H29N3O2/c26-19-12-17(13-19)22(18-11-16-7-3-4-8-20(16)23-14-18)24-21(27)15-25-9-5-1-2-6-10-25/h3-4,7-8,11,14,17,19,22,26H,1-2,5-6,9-10,12-13,15H2,(H,24,27)/t17?,19?,22-/m1/s1. The second-order valence-corrected chi connectivity index (χ2v) is 8.08. The number of carbonyl (C=O) groups excluding carboxylic acids is 1. The molecule has 2 N–H and O–H groups in total. The van der Waals surface area contributed by atoms with Crippen LogP contribution >= 0.6 is 0 Å². The predicted octanol–water partition coefficient (Wildman–Crippen LogP) is 3.04. The number of para-hydroxylation sites is 1. The summed E-state index contributed by atoms with van der Waals surface area (Å²) < 4.78 is 0. The van der Waals surface area contributed by atoms with Gasteiger partial charge in [0.05, 0.1) is 24.2 Å². The highest BCUT2D eigenvalue weighted by atomic mass is 16.3. The highest BCUT2D eigenvalue weighted by Gasteiger charge is 2.36. The minimum absolute atomic E-state index is 0.0787. The lowest BCUT2D eigenvalue weighted by atomic mass is 9.75. The number of aromatic nitrogens is 1. The van der Waals surface area contributed by atoms with Crippen molar-refractivity contribution < 1.29 is 9.90 Å². The van der Waals surface area contributed by atoms with Gasteiger partial charge in [0.15, 0.2) is 0 Å². The molecule has 0 bridgehead atoms. The molecule has 2 aliphatic rings. The lowest BCUT2D eigenvalue weighted by Crippen LogP contribution is -2.45. The molecule has 0 unspecified atom stereocenters. The largest absolute Gasteiger partial charge is 0.393 e. The van der Waals surface area contributed by atoms with Crippen LogP contribution in [0.2, 0.25) is 0 Å². The summed E-state index contributed by atoms with van der Waals surface area (Å²) in [4.78, 5) is 19.6. The number of benzene rings is 1. The fourth-order valence-corrected chi connectivity index (χ4v) is 4.35. The van der Waals surface area contributed by atoms with Gasteiger partial charge in [0.2, 0.25) is 5.91 Å². The molecular weight excluding hydrogens is 338 g/mol. The Morgan fingerprint density at radius 1 is 1.19 bits per heavy atom. The number of likely N-dealkylation sites (tertiary alicyclic amines) is 1. The first-order valence-electron chi connectivity index (χ1n) is 10.2. The summed E-state index contributed by atoms with van der Waals surface area (Å²) >= 11 is 0. The van der Waals surface area contributed by atoms with Crippen molar-refractivity contribution in [1.82, 2.24) is 15.2 Å². The van der Waals surface area contributed by atoms with E-state index in [1.807, 2.05) is 24.4 Å². The smallest absolute Gasteiger partial charge is 0.234 e. The first kappa shape index (κ1) is 18.4. The monoisotopic (exact) mass is 367 g/mol. The quantitative estimate of drug-likeness (QED) is 0.852. The number of nitrogens with zero attached hydrogens (tertiary/aromatic N) is 2. The van der Waals surface area contributed by atoms with E-state index in [-0.39, 0.29) is 24.0 Å². The summed E-state index contributed by atoms with van der Waals surface area (Å²) in [5.41, 5.74) is 2.00. The number of hydrogen-bond donors (Lipinski definition) is 2. The Hall–Kier alpha value is -1.98. The second kappa shape index (κ2) is 8.36. The van der Waals surface area contributed by atoms with E-state index < -0.39 is 0 Å². The molecule has 1 saturated carbocycles. The van der Waals surface area contributed by atoms with Crippen molar-refractivity contribution in [2.75, 3.05) is 19.6 Å². The van der Waals surface area contributed by atoms with Gasteiger partial charge in [0, 0.05) is 11.6 Å². The first-order valence-corrected chi connectivity index (χ1v) is 10.2. The molecule has 1 aliphatic carbocycles. The zero-order chi connectivity index (χ0) is 18.6. The van der Waals surface area contributed by atoms with E-state index in [9.17, 15) is 9.90 Å². The van der Waals surface area contributed by atoms with Crippen molar-refractivity contribution in [3.05, 3.63) is 42.1 Å². The normalized spacial score (nSPS) is 24.8. The second-order valence-electron chi connectivity index (χ2n) is 8.08. The Morgan fingerprint density at radius 3 is 2.67 bits per heavy atom. The molecule has 144 valence electrons. The molecule has 2 heterocycles. The molecule has 1 aliphatic heterocycles. The fraction of sp³-hybridized carbons (Fsp3) is 0.545. The van der Waals surface area contributed by atoms with Crippen LogP contribution in [0, 0.1) is 5.92 Å². The topological polar surface area (TPSA) is 65.5 Å². The van der Waals surface area contributed by atoms with Crippen molar-refractivity contribution in [2.45, 2.75) is 50.7 Å². The summed E-state index contributed by atoms with van der Waals surface area (Å²) in [5, 5.41) is 14.1. The SMILES string of the molecule is O=C(CN1CCCCCC1)N[C@@H](c1cnc2ccccc2c1)C1CC(O)C1. The van der Waals surface area contributed by atoms with Crippen molar-refractivity contribution in [1.29, 1.82) is 0 Å². The minimum atomic E-state index is -0.242. The third-order valence-electron chi connectivity index (χ3n) is 5.97. The molecule has 1 saturated heterocycles. The van der Waals surface area contributed by atoms with Crippen LogP contribution in [0.1, 0.15) is 50.1 Å². The van der Waals surface area contributed by atoms with Crippen LogP contribution in [0.25, 0.3) is 10.9 Å². The maximum Gasteiger partial charge on any atom is 0.234 e. The molecule has 1 atom stereocenters. The lowest BCUT2D eigenvalue weighted by Gasteiger charge is -2.38. The number of amides is 1. The van der Waals surface area contributed by atoms with E-state index in [2.05, 4.69) is 27.3 Å². The number of aliphatic hydroxyl groups is 1. The van der Waals surface area contributed by atoms with Gasteiger partial charge in [-0.1, -0.05) is 31.0 Å². The zero-order valence-electron chi connectivity index (χ0n) is 15.8. The summed E-state index contributed by atoms with van der Waals surface area (Å²) in [6.45, 7) is 2.49. The van der Waals surface area contributed by atoms with Crippen LogP contribution in [0.5, 0.6) is 0 Å². The summed E-state index contributed by atoms with van der Waals surface area (Å²) in [5.74, 6) is 0.354. The van der Waals surface area contributed by atoms with E-state index in [1.54, 1.807) is 0 Å². The van der Waals surface area contributed by atoms with Crippen LogP contribution in [-0.2, 0) is 4.79 Å². The predicted molar refractivity (Wildman–Crippen MR) is 106 cm³/mol. The molecule has 1 aromatic carbocycles. The zero-order valence-corrected chi connectivity index (χ0v) is 15.8. The Bertz CT molecular complexity index is 780. The highest BCUT2D eigenvalue weighted by Crippen LogP contribution is 2.38. The third-order valence-corrected chi connectivity index (χ3v) is 5.97. The molecule has 5 nitrogen and oxygen atoms in total. The van der Waals surface area contributed by atoms with Gasteiger partial charge < -0.3 is 10.4 Å².